The highest BCUT2D eigenvalue weighted by atomic mass is 16.5. The first-order valence-electron chi connectivity index (χ1n) is 8.14. The van der Waals surface area contributed by atoms with Crippen LogP contribution in [0.3, 0.4) is 0 Å². The third-order valence-electron chi connectivity index (χ3n) is 4.19. The number of aryl methyl sites for hydroxylation is 1. The number of hydrogen-bond donors (Lipinski definition) is 2. The van der Waals surface area contributed by atoms with E-state index in [9.17, 15) is 4.79 Å². The van der Waals surface area contributed by atoms with E-state index < -0.39 is 0 Å². The molecule has 0 saturated heterocycles. The van der Waals surface area contributed by atoms with Gasteiger partial charge in [-0.15, -0.1) is 0 Å². The van der Waals surface area contributed by atoms with Crippen molar-refractivity contribution in [2.45, 2.75) is 20.0 Å². The summed E-state index contributed by atoms with van der Waals surface area (Å²) in [5.41, 5.74) is 3.31. The molecule has 25 heavy (non-hydrogen) atoms. The predicted molar refractivity (Wildman–Crippen MR) is 95.7 cm³/mol. The number of anilines is 1. The van der Waals surface area contributed by atoms with E-state index in [1.165, 1.54) is 0 Å². The molecule has 0 spiro atoms. The van der Waals surface area contributed by atoms with Crippen LogP contribution >= 0.6 is 0 Å². The highest BCUT2D eigenvalue weighted by Gasteiger charge is 2.27. The molecule has 2 aromatic rings. The van der Waals surface area contributed by atoms with Crippen LogP contribution in [-0.4, -0.2) is 26.7 Å². The lowest BCUT2D eigenvalue weighted by Gasteiger charge is -2.30. The standard InChI is InChI=1S/C19H22N2O4/c1-5-25-17-14(23-3)9-12(10-15(17)24-4)18-20-16-11(2)7-6-8-13(16)19(22)21-18/h6-10,18,20H,5H2,1-4H3,(H,21,22)/t18-/m1/s1. The van der Waals surface area contributed by atoms with Crippen molar-refractivity contribution < 1.29 is 19.0 Å². The largest absolute Gasteiger partial charge is 0.493 e. The minimum absolute atomic E-state index is 0.116. The molecule has 1 amide bonds. The Balaban J connectivity index is 2.03. The van der Waals surface area contributed by atoms with Crippen LogP contribution in [0.4, 0.5) is 5.69 Å². The van der Waals surface area contributed by atoms with Gasteiger partial charge in [-0.05, 0) is 37.6 Å². The Hall–Kier alpha value is -2.89. The number of benzene rings is 2. The van der Waals surface area contributed by atoms with Gasteiger partial charge in [0.05, 0.1) is 32.1 Å². The van der Waals surface area contributed by atoms with Crippen molar-refractivity contribution in [3.8, 4) is 17.2 Å². The molecule has 1 heterocycles. The Morgan fingerprint density at radius 3 is 2.36 bits per heavy atom. The molecule has 1 atom stereocenters. The number of nitrogens with one attached hydrogen (secondary N) is 2. The number of para-hydroxylation sites is 1. The number of ether oxygens (including phenoxy) is 3. The molecular weight excluding hydrogens is 320 g/mol. The fourth-order valence-electron chi connectivity index (χ4n) is 2.96. The van der Waals surface area contributed by atoms with Gasteiger partial charge in [-0.2, -0.15) is 0 Å². The average molecular weight is 342 g/mol. The molecule has 0 fully saturated rings. The molecule has 0 saturated carbocycles. The first-order chi connectivity index (χ1) is 12.1. The zero-order chi connectivity index (χ0) is 18.0. The number of carbonyl (C=O) groups is 1. The van der Waals surface area contributed by atoms with Gasteiger partial charge in [-0.25, -0.2) is 0 Å². The van der Waals surface area contributed by atoms with Gasteiger partial charge >= 0.3 is 0 Å². The van der Waals surface area contributed by atoms with Crippen molar-refractivity contribution in [3.63, 3.8) is 0 Å². The minimum atomic E-state index is -0.389. The van der Waals surface area contributed by atoms with E-state index in [4.69, 9.17) is 14.2 Å². The molecular formula is C19H22N2O4. The summed E-state index contributed by atoms with van der Waals surface area (Å²) in [7, 11) is 3.15. The van der Waals surface area contributed by atoms with E-state index >= 15 is 0 Å². The van der Waals surface area contributed by atoms with Gasteiger partial charge < -0.3 is 24.8 Å². The summed E-state index contributed by atoms with van der Waals surface area (Å²) < 4.78 is 16.5. The topological polar surface area (TPSA) is 68.8 Å². The van der Waals surface area contributed by atoms with Crippen LogP contribution in [0.2, 0.25) is 0 Å². The molecule has 2 N–H and O–H groups in total. The molecule has 1 aliphatic heterocycles. The van der Waals surface area contributed by atoms with E-state index in [-0.39, 0.29) is 12.1 Å². The lowest BCUT2D eigenvalue weighted by atomic mass is 10.0. The fraction of sp³-hybridized carbons (Fsp3) is 0.316. The highest BCUT2D eigenvalue weighted by molar-refractivity contribution is 6.02. The van der Waals surface area contributed by atoms with Gasteiger partial charge in [0.2, 0.25) is 5.75 Å². The van der Waals surface area contributed by atoms with Crippen LogP contribution in [0.1, 0.15) is 34.6 Å². The second-order valence-electron chi connectivity index (χ2n) is 5.74. The summed E-state index contributed by atoms with van der Waals surface area (Å²) in [6, 6.07) is 9.34. The van der Waals surface area contributed by atoms with E-state index in [0.717, 1.165) is 16.8 Å². The van der Waals surface area contributed by atoms with Crippen LogP contribution in [0.5, 0.6) is 17.2 Å². The van der Waals surface area contributed by atoms with Gasteiger partial charge in [0, 0.05) is 5.56 Å². The Bertz CT molecular complexity index is 779. The Morgan fingerprint density at radius 1 is 1.08 bits per heavy atom. The smallest absolute Gasteiger partial charge is 0.255 e. The van der Waals surface area contributed by atoms with Gasteiger partial charge in [0.1, 0.15) is 6.17 Å². The summed E-state index contributed by atoms with van der Waals surface area (Å²) in [6.45, 7) is 4.37. The molecule has 0 aromatic heterocycles. The SMILES string of the molecule is CCOc1c(OC)cc([C@H]2NC(=O)c3cccc(C)c3N2)cc1OC. The zero-order valence-corrected chi connectivity index (χ0v) is 14.8. The maximum atomic E-state index is 12.5. The van der Waals surface area contributed by atoms with E-state index in [1.807, 2.05) is 38.1 Å². The van der Waals surface area contributed by atoms with Crippen LogP contribution in [0.25, 0.3) is 0 Å². The number of carbonyl (C=O) groups excluding carboxylic acids is 1. The Kier molecular flexibility index (Phi) is 4.70. The predicted octanol–water partition coefficient (Wildman–Crippen LogP) is 3.27. The average Bonchev–Trinajstić information content (AvgIpc) is 2.62. The van der Waals surface area contributed by atoms with Crippen LogP contribution in [-0.2, 0) is 0 Å². The van der Waals surface area contributed by atoms with Crippen molar-refractivity contribution in [2.24, 2.45) is 0 Å². The van der Waals surface area contributed by atoms with Crippen molar-refractivity contribution in [2.75, 3.05) is 26.1 Å². The van der Waals surface area contributed by atoms with Crippen LogP contribution in [0, 0.1) is 6.92 Å². The van der Waals surface area contributed by atoms with Crippen molar-refractivity contribution in [1.82, 2.24) is 5.32 Å². The quantitative estimate of drug-likeness (QED) is 0.873. The first kappa shape index (κ1) is 17.0. The van der Waals surface area contributed by atoms with E-state index in [0.29, 0.717) is 29.4 Å². The lowest BCUT2D eigenvalue weighted by Crippen LogP contribution is -2.38. The van der Waals surface area contributed by atoms with Gasteiger partial charge in [0.15, 0.2) is 11.5 Å². The van der Waals surface area contributed by atoms with E-state index in [1.54, 1.807) is 20.3 Å². The summed E-state index contributed by atoms with van der Waals surface area (Å²) in [5, 5.41) is 6.35. The molecule has 3 rings (SSSR count). The van der Waals surface area contributed by atoms with Crippen molar-refractivity contribution in [1.29, 1.82) is 0 Å². The van der Waals surface area contributed by atoms with E-state index in [2.05, 4.69) is 10.6 Å². The van der Waals surface area contributed by atoms with Gasteiger partial charge in [-0.1, -0.05) is 12.1 Å². The Morgan fingerprint density at radius 2 is 1.76 bits per heavy atom. The van der Waals surface area contributed by atoms with Gasteiger partial charge in [0.25, 0.3) is 5.91 Å². The highest BCUT2D eigenvalue weighted by Crippen LogP contribution is 2.41. The second-order valence-corrected chi connectivity index (χ2v) is 5.74. The summed E-state index contributed by atoms with van der Waals surface area (Å²) in [6.07, 6.45) is -0.389. The number of fused-ring (bicyclic) bond motifs is 1. The lowest BCUT2D eigenvalue weighted by molar-refractivity contribution is 0.0935. The second kappa shape index (κ2) is 6.93. The molecule has 0 aliphatic carbocycles. The Labute approximate surface area is 147 Å². The minimum Gasteiger partial charge on any atom is -0.493 e. The molecule has 6 nitrogen and oxygen atoms in total. The molecule has 1 aliphatic rings. The third kappa shape index (κ3) is 3.07. The number of amides is 1. The monoisotopic (exact) mass is 342 g/mol. The van der Waals surface area contributed by atoms with Crippen LogP contribution in [0.15, 0.2) is 30.3 Å². The maximum absolute atomic E-state index is 12.5. The molecule has 0 bridgehead atoms. The number of methoxy groups -OCH3 is 2. The molecule has 0 unspecified atom stereocenters. The molecule has 0 radical (unpaired) electrons. The van der Waals surface area contributed by atoms with Crippen molar-refractivity contribution in [3.05, 3.63) is 47.0 Å². The molecule has 6 heteroatoms. The first-order valence-corrected chi connectivity index (χ1v) is 8.14. The molecule has 2 aromatic carbocycles. The number of rotatable bonds is 5. The van der Waals surface area contributed by atoms with Gasteiger partial charge in [-0.3, -0.25) is 4.79 Å². The maximum Gasteiger partial charge on any atom is 0.255 e. The third-order valence-corrected chi connectivity index (χ3v) is 4.19. The van der Waals surface area contributed by atoms with Crippen LogP contribution < -0.4 is 24.8 Å². The van der Waals surface area contributed by atoms with Crippen molar-refractivity contribution >= 4 is 11.6 Å². The summed E-state index contributed by atoms with van der Waals surface area (Å²) >= 11 is 0. The summed E-state index contributed by atoms with van der Waals surface area (Å²) in [5.74, 6) is 1.55. The zero-order valence-electron chi connectivity index (χ0n) is 14.8. The normalized spacial score (nSPS) is 15.7. The number of hydrogen-bond acceptors (Lipinski definition) is 5. The molecule has 132 valence electrons. The summed E-state index contributed by atoms with van der Waals surface area (Å²) in [4.78, 5) is 12.5. The fourth-order valence-corrected chi connectivity index (χ4v) is 2.96.